The van der Waals surface area contributed by atoms with Gasteiger partial charge in [-0.15, -0.1) is 0 Å². The summed E-state index contributed by atoms with van der Waals surface area (Å²) in [5.74, 6) is 0. The number of benzene rings is 1. The van der Waals surface area contributed by atoms with Crippen molar-refractivity contribution in [3.8, 4) is 0 Å². The van der Waals surface area contributed by atoms with Crippen molar-refractivity contribution in [3.05, 3.63) is 23.3 Å². The van der Waals surface area contributed by atoms with E-state index in [-0.39, 0.29) is 17.2 Å². The Labute approximate surface area is 102 Å². The molecule has 1 aromatic rings. The molecule has 1 rings (SSSR count). The van der Waals surface area contributed by atoms with Crippen LogP contribution in [0.1, 0.15) is 18.1 Å². The minimum atomic E-state index is -3.69. The van der Waals surface area contributed by atoms with Crippen LogP contribution in [0.3, 0.4) is 0 Å². The van der Waals surface area contributed by atoms with Gasteiger partial charge in [-0.2, -0.15) is 0 Å². The molecule has 0 heterocycles. The molecule has 0 aliphatic carbocycles. The fraction of sp³-hybridized carbons (Fsp3) is 0.455. The van der Waals surface area contributed by atoms with Crippen molar-refractivity contribution in [1.82, 2.24) is 4.72 Å². The van der Waals surface area contributed by atoms with Crippen molar-refractivity contribution < 1.29 is 13.5 Å². The number of aliphatic hydroxyl groups excluding tert-OH is 1. The monoisotopic (exact) mass is 258 g/mol. The molecule has 0 bridgehead atoms. The number of nitrogens with two attached hydrogens (primary N) is 1. The summed E-state index contributed by atoms with van der Waals surface area (Å²) in [6.07, 6.45) is 0. The first-order valence-electron chi connectivity index (χ1n) is 5.28. The molecule has 0 aliphatic rings. The van der Waals surface area contributed by atoms with Gasteiger partial charge in [-0.25, -0.2) is 13.1 Å². The highest BCUT2D eigenvalue weighted by Gasteiger charge is 2.22. The number of anilines is 1. The molecule has 96 valence electrons. The molecule has 0 aliphatic heterocycles. The van der Waals surface area contributed by atoms with Crippen LogP contribution in [-0.2, 0) is 10.0 Å². The molecule has 1 aromatic carbocycles. The SMILES string of the molecule is Cc1ccc(N)c(S(=O)(=O)NC(C)CO)c1C. The van der Waals surface area contributed by atoms with Gasteiger partial charge in [0.1, 0.15) is 4.90 Å². The van der Waals surface area contributed by atoms with E-state index in [1.165, 1.54) is 0 Å². The number of rotatable bonds is 4. The Bertz CT molecular complexity index is 512. The first-order chi connectivity index (χ1) is 7.79. The van der Waals surface area contributed by atoms with Gasteiger partial charge in [0, 0.05) is 6.04 Å². The van der Waals surface area contributed by atoms with Crippen molar-refractivity contribution in [2.45, 2.75) is 31.7 Å². The van der Waals surface area contributed by atoms with Crippen molar-refractivity contribution in [2.24, 2.45) is 0 Å². The normalized spacial score (nSPS) is 13.6. The van der Waals surface area contributed by atoms with E-state index in [0.717, 1.165) is 5.56 Å². The van der Waals surface area contributed by atoms with Crippen LogP contribution >= 0.6 is 0 Å². The number of sulfonamides is 1. The standard InChI is InChI=1S/C11H18N2O3S/c1-7-4-5-10(12)11(9(7)3)17(15,16)13-8(2)6-14/h4-5,8,13-14H,6,12H2,1-3H3. The van der Waals surface area contributed by atoms with E-state index >= 15 is 0 Å². The molecule has 0 saturated heterocycles. The first kappa shape index (κ1) is 14.0. The lowest BCUT2D eigenvalue weighted by atomic mass is 10.1. The third-order valence-corrected chi connectivity index (χ3v) is 4.40. The minimum absolute atomic E-state index is 0.0952. The summed E-state index contributed by atoms with van der Waals surface area (Å²) in [6, 6.07) is 2.80. The highest BCUT2D eigenvalue weighted by Crippen LogP contribution is 2.25. The van der Waals surface area contributed by atoms with E-state index in [4.69, 9.17) is 10.8 Å². The van der Waals surface area contributed by atoms with Gasteiger partial charge in [0.15, 0.2) is 0 Å². The average Bonchev–Trinajstić information content (AvgIpc) is 2.23. The van der Waals surface area contributed by atoms with E-state index in [2.05, 4.69) is 4.72 Å². The molecule has 1 atom stereocenters. The number of hydrogen-bond acceptors (Lipinski definition) is 4. The average molecular weight is 258 g/mol. The summed E-state index contributed by atoms with van der Waals surface area (Å²) in [5, 5.41) is 8.88. The highest BCUT2D eigenvalue weighted by atomic mass is 32.2. The first-order valence-corrected chi connectivity index (χ1v) is 6.76. The van der Waals surface area contributed by atoms with Crippen LogP contribution in [0.2, 0.25) is 0 Å². The Kier molecular flexibility index (Phi) is 4.13. The van der Waals surface area contributed by atoms with Crippen LogP contribution in [0, 0.1) is 13.8 Å². The summed E-state index contributed by atoms with van der Waals surface area (Å²) in [7, 11) is -3.69. The van der Waals surface area contributed by atoms with Crippen LogP contribution < -0.4 is 10.5 Å². The van der Waals surface area contributed by atoms with Crippen LogP contribution in [0.5, 0.6) is 0 Å². The van der Waals surface area contributed by atoms with Gasteiger partial charge in [0.05, 0.1) is 12.3 Å². The zero-order chi connectivity index (χ0) is 13.2. The van der Waals surface area contributed by atoms with Gasteiger partial charge in [0.25, 0.3) is 0 Å². The molecule has 6 heteroatoms. The Hall–Kier alpha value is -1.11. The molecular weight excluding hydrogens is 240 g/mol. The van der Waals surface area contributed by atoms with Gasteiger partial charge >= 0.3 is 0 Å². The smallest absolute Gasteiger partial charge is 0.243 e. The third-order valence-electron chi connectivity index (χ3n) is 2.61. The molecule has 5 nitrogen and oxygen atoms in total. The van der Waals surface area contributed by atoms with Crippen LogP contribution in [0.4, 0.5) is 5.69 Å². The Morgan fingerprint density at radius 2 is 2.00 bits per heavy atom. The quantitative estimate of drug-likeness (QED) is 0.687. The largest absolute Gasteiger partial charge is 0.398 e. The van der Waals surface area contributed by atoms with Gasteiger partial charge < -0.3 is 10.8 Å². The summed E-state index contributed by atoms with van der Waals surface area (Å²) in [6.45, 7) is 4.86. The summed E-state index contributed by atoms with van der Waals surface area (Å²) >= 11 is 0. The maximum atomic E-state index is 12.1. The fourth-order valence-corrected chi connectivity index (χ4v) is 3.19. The number of nitrogens with one attached hydrogen (secondary N) is 1. The highest BCUT2D eigenvalue weighted by molar-refractivity contribution is 7.89. The maximum absolute atomic E-state index is 12.1. The zero-order valence-corrected chi connectivity index (χ0v) is 11.0. The fourth-order valence-electron chi connectivity index (χ4n) is 1.53. The topological polar surface area (TPSA) is 92.4 Å². The van der Waals surface area contributed by atoms with Crippen molar-refractivity contribution >= 4 is 15.7 Å². The van der Waals surface area contributed by atoms with Gasteiger partial charge in [0.2, 0.25) is 10.0 Å². The van der Waals surface area contributed by atoms with Gasteiger partial charge in [-0.3, -0.25) is 0 Å². The number of nitrogen functional groups attached to an aromatic ring is 1. The third kappa shape index (κ3) is 2.96. The molecule has 4 N–H and O–H groups in total. The lowest BCUT2D eigenvalue weighted by Crippen LogP contribution is -2.35. The molecule has 0 saturated carbocycles. The van der Waals surface area contributed by atoms with Crippen LogP contribution in [0.25, 0.3) is 0 Å². The second kappa shape index (κ2) is 5.03. The predicted molar refractivity (Wildman–Crippen MR) is 67.2 cm³/mol. The second-order valence-electron chi connectivity index (χ2n) is 4.13. The maximum Gasteiger partial charge on any atom is 0.243 e. The Morgan fingerprint density at radius 1 is 1.41 bits per heavy atom. The zero-order valence-electron chi connectivity index (χ0n) is 10.2. The Morgan fingerprint density at radius 3 is 2.53 bits per heavy atom. The van der Waals surface area contributed by atoms with Crippen molar-refractivity contribution in [1.29, 1.82) is 0 Å². The Balaban J connectivity index is 3.29. The molecule has 1 unspecified atom stereocenters. The summed E-state index contributed by atoms with van der Waals surface area (Å²) < 4.78 is 26.6. The van der Waals surface area contributed by atoms with Gasteiger partial charge in [-0.05, 0) is 38.0 Å². The van der Waals surface area contributed by atoms with E-state index in [1.54, 1.807) is 26.0 Å². The van der Waals surface area contributed by atoms with Crippen molar-refractivity contribution in [2.75, 3.05) is 12.3 Å². The molecule has 0 radical (unpaired) electrons. The molecule has 0 fully saturated rings. The number of aliphatic hydroxyl groups is 1. The van der Waals surface area contributed by atoms with Crippen LogP contribution in [0.15, 0.2) is 17.0 Å². The van der Waals surface area contributed by atoms with Crippen molar-refractivity contribution in [3.63, 3.8) is 0 Å². The van der Waals surface area contributed by atoms with E-state index in [1.807, 2.05) is 6.92 Å². The number of hydrogen-bond donors (Lipinski definition) is 3. The molecule has 0 amide bonds. The molecule has 17 heavy (non-hydrogen) atoms. The lowest BCUT2D eigenvalue weighted by Gasteiger charge is -2.16. The van der Waals surface area contributed by atoms with Crippen LogP contribution in [-0.4, -0.2) is 26.2 Å². The van der Waals surface area contributed by atoms with E-state index in [0.29, 0.717) is 5.56 Å². The van der Waals surface area contributed by atoms with E-state index < -0.39 is 16.1 Å². The predicted octanol–water partition coefficient (Wildman–Crippen LogP) is 0.545. The minimum Gasteiger partial charge on any atom is -0.398 e. The molecule has 0 aromatic heterocycles. The second-order valence-corrected chi connectivity index (χ2v) is 5.78. The molecule has 0 spiro atoms. The van der Waals surface area contributed by atoms with E-state index in [9.17, 15) is 8.42 Å². The number of aryl methyl sites for hydroxylation is 1. The summed E-state index contributed by atoms with van der Waals surface area (Å²) in [4.78, 5) is 0.0952. The lowest BCUT2D eigenvalue weighted by molar-refractivity contribution is 0.265. The van der Waals surface area contributed by atoms with Gasteiger partial charge in [-0.1, -0.05) is 6.07 Å². The summed E-state index contributed by atoms with van der Waals surface area (Å²) in [5.41, 5.74) is 7.41. The molecular formula is C11H18N2O3S.